The molecule has 0 bridgehead atoms. The zero-order chi connectivity index (χ0) is 23.2. The second kappa shape index (κ2) is 10.1. The van der Waals surface area contributed by atoms with E-state index in [-0.39, 0.29) is 35.5 Å². The Morgan fingerprint density at radius 1 is 1.16 bits per heavy atom. The molecule has 0 amide bonds. The predicted octanol–water partition coefficient (Wildman–Crippen LogP) is 2.47. The number of aromatic nitrogens is 1. The van der Waals surface area contributed by atoms with Gasteiger partial charge in [0.15, 0.2) is 5.78 Å². The number of hydrogen-bond acceptors (Lipinski definition) is 7. The van der Waals surface area contributed by atoms with Crippen LogP contribution in [0.2, 0.25) is 0 Å². The molecule has 166 valence electrons. The number of esters is 1. The van der Waals surface area contributed by atoms with Gasteiger partial charge in [0.2, 0.25) is 0 Å². The number of hydrogen-bond donors (Lipinski definition) is 0. The molecule has 10 nitrogen and oxygen atoms in total. The number of Topliss-reactive ketones (excluding diaryl/α,β-unsaturated/α-hetero) is 1. The standard InChI is InChI=1S/C20H23N3O7S/c1-4-30-20(25)12-10-18(24)15(3)22-13-16(23(26)27)7-11-19(22)21-31(28,29)17-8-5-14(2)6-9-17/h5-9,11,13,15H,4,10,12H2,1-3H3/b21-19+. The lowest BCUT2D eigenvalue weighted by molar-refractivity contribution is -0.385. The molecule has 0 N–H and O–H groups in total. The highest BCUT2D eigenvalue weighted by atomic mass is 32.2. The van der Waals surface area contributed by atoms with E-state index in [4.69, 9.17) is 4.74 Å². The molecule has 1 atom stereocenters. The number of carbonyl (C=O) groups is 2. The third kappa shape index (κ3) is 6.32. The van der Waals surface area contributed by atoms with Gasteiger partial charge in [0, 0.05) is 12.5 Å². The Morgan fingerprint density at radius 3 is 2.39 bits per heavy atom. The van der Waals surface area contributed by atoms with E-state index in [1.165, 1.54) is 25.1 Å². The van der Waals surface area contributed by atoms with Gasteiger partial charge in [-0.3, -0.25) is 19.7 Å². The fourth-order valence-corrected chi connectivity index (χ4v) is 3.69. The summed E-state index contributed by atoms with van der Waals surface area (Å²) in [7, 11) is -4.13. The highest BCUT2D eigenvalue weighted by molar-refractivity contribution is 7.90. The van der Waals surface area contributed by atoms with Gasteiger partial charge in [-0.2, -0.15) is 8.42 Å². The maximum atomic E-state index is 12.7. The Bertz CT molecular complexity index is 1150. The topological polar surface area (TPSA) is 138 Å². The van der Waals surface area contributed by atoms with Crippen molar-refractivity contribution in [3.8, 4) is 0 Å². The molecule has 1 unspecified atom stereocenters. The fraction of sp³-hybridized carbons (Fsp3) is 0.350. The third-order valence-electron chi connectivity index (χ3n) is 4.45. The lowest BCUT2D eigenvalue weighted by Crippen LogP contribution is -2.29. The number of nitrogens with zero attached hydrogens (tertiary/aromatic N) is 3. The van der Waals surface area contributed by atoms with Crippen molar-refractivity contribution in [2.24, 2.45) is 4.40 Å². The first-order chi connectivity index (χ1) is 14.5. The van der Waals surface area contributed by atoms with Crippen molar-refractivity contribution in [2.45, 2.75) is 44.6 Å². The molecular weight excluding hydrogens is 426 g/mol. The summed E-state index contributed by atoms with van der Waals surface area (Å²) in [6, 6.07) is 7.31. The Hall–Kier alpha value is -3.34. The molecule has 0 fully saturated rings. The monoisotopic (exact) mass is 449 g/mol. The van der Waals surface area contributed by atoms with Gasteiger partial charge < -0.3 is 9.30 Å². The van der Waals surface area contributed by atoms with E-state index in [0.29, 0.717) is 0 Å². The Kier molecular flexibility index (Phi) is 7.81. The number of carbonyl (C=O) groups excluding carboxylic acids is 2. The fourth-order valence-electron chi connectivity index (χ4n) is 2.70. The quantitative estimate of drug-likeness (QED) is 0.326. The van der Waals surface area contributed by atoms with Gasteiger partial charge in [-0.25, -0.2) is 0 Å². The molecule has 2 rings (SSSR count). The van der Waals surface area contributed by atoms with Gasteiger partial charge >= 0.3 is 5.97 Å². The van der Waals surface area contributed by atoms with Crippen LogP contribution in [0.3, 0.4) is 0 Å². The van der Waals surface area contributed by atoms with Crippen LogP contribution >= 0.6 is 0 Å². The summed E-state index contributed by atoms with van der Waals surface area (Å²) < 4.78 is 35.1. The predicted molar refractivity (Wildman–Crippen MR) is 111 cm³/mol. The van der Waals surface area contributed by atoms with Gasteiger partial charge in [-0.05, 0) is 39.0 Å². The molecule has 11 heteroatoms. The van der Waals surface area contributed by atoms with Crippen LogP contribution < -0.4 is 5.49 Å². The molecule has 0 saturated heterocycles. The Morgan fingerprint density at radius 2 is 1.81 bits per heavy atom. The molecule has 0 saturated carbocycles. The van der Waals surface area contributed by atoms with E-state index in [0.717, 1.165) is 22.4 Å². The summed E-state index contributed by atoms with van der Waals surface area (Å²) in [5.41, 5.74) is 0.380. The van der Waals surface area contributed by atoms with E-state index in [1.807, 2.05) is 0 Å². The highest BCUT2D eigenvalue weighted by Gasteiger charge is 2.21. The van der Waals surface area contributed by atoms with Crippen molar-refractivity contribution in [3.63, 3.8) is 0 Å². The molecule has 0 radical (unpaired) electrons. The molecule has 2 aromatic rings. The number of rotatable bonds is 9. The van der Waals surface area contributed by atoms with Gasteiger partial charge in [-0.1, -0.05) is 17.7 Å². The Balaban J connectivity index is 2.48. The van der Waals surface area contributed by atoms with Crippen molar-refractivity contribution in [1.29, 1.82) is 0 Å². The number of pyridine rings is 1. The summed E-state index contributed by atoms with van der Waals surface area (Å²) in [6.07, 6.45) is 0.733. The smallest absolute Gasteiger partial charge is 0.306 e. The van der Waals surface area contributed by atoms with Crippen LogP contribution in [0.15, 0.2) is 51.9 Å². The first-order valence-electron chi connectivity index (χ1n) is 9.47. The van der Waals surface area contributed by atoms with Crippen LogP contribution in [-0.4, -0.2) is 36.3 Å². The van der Waals surface area contributed by atoms with Crippen LogP contribution in [0.1, 0.15) is 38.3 Å². The second-order valence-corrected chi connectivity index (χ2v) is 8.34. The summed E-state index contributed by atoms with van der Waals surface area (Å²) in [5.74, 6) is -0.971. The first kappa shape index (κ1) is 23.9. The summed E-state index contributed by atoms with van der Waals surface area (Å²) >= 11 is 0. The van der Waals surface area contributed by atoms with Gasteiger partial charge in [0.05, 0.1) is 35.1 Å². The van der Waals surface area contributed by atoms with Crippen LogP contribution in [0.25, 0.3) is 0 Å². The second-order valence-electron chi connectivity index (χ2n) is 6.74. The van der Waals surface area contributed by atoms with Crippen molar-refractivity contribution >= 4 is 27.5 Å². The lowest BCUT2D eigenvalue weighted by atomic mass is 10.1. The number of nitro groups is 1. The molecule has 0 spiro atoms. The maximum absolute atomic E-state index is 12.7. The zero-order valence-corrected chi connectivity index (χ0v) is 18.2. The largest absolute Gasteiger partial charge is 0.466 e. The van der Waals surface area contributed by atoms with Crippen LogP contribution in [0, 0.1) is 17.0 Å². The molecule has 0 aliphatic rings. The van der Waals surface area contributed by atoms with Crippen molar-refractivity contribution in [1.82, 2.24) is 4.57 Å². The molecule has 1 heterocycles. The maximum Gasteiger partial charge on any atom is 0.306 e. The summed E-state index contributed by atoms with van der Waals surface area (Å²) in [5, 5.41) is 11.2. The lowest BCUT2D eigenvalue weighted by Gasteiger charge is -2.15. The summed E-state index contributed by atoms with van der Waals surface area (Å²) in [6.45, 7) is 5.09. The zero-order valence-electron chi connectivity index (χ0n) is 17.3. The highest BCUT2D eigenvalue weighted by Crippen LogP contribution is 2.16. The summed E-state index contributed by atoms with van der Waals surface area (Å²) in [4.78, 5) is 34.6. The minimum Gasteiger partial charge on any atom is -0.466 e. The van der Waals surface area contributed by atoms with Crippen molar-refractivity contribution in [2.75, 3.05) is 6.61 Å². The van der Waals surface area contributed by atoms with E-state index in [1.54, 1.807) is 26.0 Å². The number of sulfonamides is 1. The van der Waals surface area contributed by atoms with E-state index in [9.17, 15) is 28.1 Å². The molecular formula is C20H23N3O7S. The molecule has 31 heavy (non-hydrogen) atoms. The van der Waals surface area contributed by atoms with Crippen LogP contribution in [0.5, 0.6) is 0 Å². The molecule has 1 aromatic carbocycles. The molecule has 1 aromatic heterocycles. The first-order valence-corrected chi connectivity index (χ1v) is 10.9. The average Bonchev–Trinajstić information content (AvgIpc) is 2.72. The van der Waals surface area contributed by atoms with E-state index in [2.05, 4.69) is 4.40 Å². The molecule has 0 aliphatic carbocycles. The third-order valence-corrected chi connectivity index (χ3v) is 5.74. The van der Waals surface area contributed by atoms with Crippen LogP contribution in [-0.2, 0) is 24.3 Å². The average molecular weight is 449 g/mol. The number of ketones is 1. The minimum atomic E-state index is -4.13. The van der Waals surface area contributed by atoms with E-state index < -0.39 is 32.7 Å². The number of aryl methyl sites for hydroxylation is 1. The normalized spacial score (nSPS) is 12.9. The molecule has 0 aliphatic heterocycles. The van der Waals surface area contributed by atoms with Gasteiger partial charge in [0.25, 0.3) is 15.7 Å². The SMILES string of the molecule is CCOC(=O)CCC(=O)C(C)n1cc([N+](=O)[O-])cc/c1=N\S(=O)(=O)c1ccc(C)cc1. The number of benzene rings is 1. The van der Waals surface area contributed by atoms with Gasteiger partial charge in [-0.15, -0.1) is 4.40 Å². The minimum absolute atomic E-state index is 0.0516. The number of ether oxygens (including phenoxy) is 1. The Labute approximate surface area is 179 Å². The van der Waals surface area contributed by atoms with Crippen molar-refractivity contribution < 1.29 is 27.7 Å². The van der Waals surface area contributed by atoms with E-state index >= 15 is 0 Å². The van der Waals surface area contributed by atoms with Crippen LogP contribution in [0.4, 0.5) is 5.69 Å². The van der Waals surface area contributed by atoms with Gasteiger partial charge in [0.1, 0.15) is 5.49 Å². The van der Waals surface area contributed by atoms with Crippen molar-refractivity contribution in [3.05, 3.63) is 63.8 Å².